The highest BCUT2D eigenvalue weighted by Gasteiger charge is 2.29. The number of esters is 1. The van der Waals surface area contributed by atoms with Gasteiger partial charge in [0.15, 0.2) is 5.69 Å². The lowest BCUT2D eigenvalue weighted by Crippen LogP contribution is -2.21. The number of aromatic nitrogens is 2. The Morgan fingerprint density at radius 2 is 1.90 bits per heavy atom. The van der Waals surface area contributed by atoms with Gasteiger partial charge in [-0.3, -0.25) is 4.79 Å². The van der Waals surface area contributed by atoms with Crippen LogP contribution in [0.1, 0.15) is 39.3 Å². The molecule has 2 N–H and O–H groups in total. The first-order valence-electron chi connectivity index (χ1n) is 13.1. The number of nitrogens with zero attached hydrogens (tertiary/aromatic N) is 2. The van der Waals surface area contributed by atoms with E-state index in [0.29, 0.717) is 59.2 Å². The summed E-state index contributed by atoms with van der Waals surface area (Å²) in [7, 11) is 4.55. The van der Waals surface area contributed by atoms with E-state index in [4.69, 9.17) is 23.9 Å². The van der Waals surface area contributed by atoms with Gasteiger partial charge in [-0.15, -0.1) is 0 Å². The fourth-order valence-electron chi connectivity index (χ4n) is 4.92. The summed E-state index contributed by atoms with van der Waals surface area (Å²) in [6, 6.07) is 16.3. The van der Waals surface area contributed by atoms with Crippen LogP contribution in [-0.2, 0) is 22.6 Å². The van der Waals surface area contributed by atoms with E-state index in [2.05, 4.69) is 10.6 Å². The van der Waals surface area contributed by atoms with Crippen molar-refractivity contribution in [3.63, 3.8) is 0 Å². The second-order valence-corrected chi connectivity index (χ2v) is 9.41. The van der Waals surface area contributed by atoms with Crippen LogP contribution in [0.5, 0.6) is 11.5 Å². The van der Waals surface area contributed by atoms with E-state index in [1.165, 1.54) is 7.11 Å². The summed E-state index contributed by atoms with van der Waals surface area (Å²) in [5.41, 5.74) is 3.15. The molecular weight excluding hydrogens is 512 g/mol. The van der Waals surface area contributed by atoms with E-state index >= 15 is 0 Å². The van der Waals surface area contributed by atoms with Gasteiger partial charge in [0.2, 0.25) is 0 Å². The SMILES string of the molecule is COC(=O)c1c(NC(=O)c2ccccc2)c2cc(NCc3cc(OC)ccc3OC)cnc2n1C[C@@H]1CCCO1. The maximum Gasteiger partial charge on any atom is 0.356 e. The van der Waals surface area contributed by atoms with Crippen molar-refractivity contribution in [2.75, 3.05) is 38.6 Å². The predicted octanol–water partition coefficient (Wildman–Crippen LogP) is 4.88. The zero-order valence-electron chi connectivity index (χ0n) is 22.7. The zero-order chi connectivity index (χ0) is 28.1. The largest absolute Gasteiger partial charge is 0.497 e. The number of methoxy groups -OCH3 is 3. The second kappa shape index (κ2) is 12.1. The molecule has 1 aliphatic heterocycles. The van der Waals surface area contributed by atoms with E-state index in [1.807, 2.05) is 30.3 Å². The minimum absolute atomic E-state index is 0.0724. The van der Waals surface area contributed by atoms with Gasteiger partial charge in [-0.25, -0.2) is 9.78 Å². The Kier molecular flexibility index (Phi) is 8.16. The van der Waals surface area contributed by atoms with E-state index in [1.54, 1.807) is 49.2 Å². The third kappa shape index (κ3) is 5.57. The summed E-state index contributed by atoms with van der Waals surface area (Å²) in [5, 5.41) is 6.94. The zero-order valence-corrected chi connectivity index (χ0v) is 22.7. The molecule has 2 aromatic heterocycles. The number of carbonyl (C=O) groups is 2. The molecule has 4 aromatic rings. The Hall–Kier alpha value is -4.57. The smallest absolute Gasteiger partial charge is 0.356 e. The van der Waals surface area contributed by atoms with Crippen LogP contribution in [0.25, 0.3) is 11.0 Å². The van der Waals surface area contributed by atoms with Crippen LogP contribution in [0.3, 0.4) is 0 Å². The summed E-state index contributed by atoms with van der Waals surface area (Å²) >= 11 is 0. The van der Waals surface area contributed by atoms with Gasteiger partial charge in [-0.1, -0.05) is 18.2 Å². The van der Waals surface area contributed by atoms with Gasteiger partial charge < -0.3 is 34.1 Å². The Morgan fingerprint density at radius 1 is 1.07 bits per heavy atom. The average molecular weight is 545 g/mol. The van der Waals surface area contributed by atoms with Crippen molar-refractivity contribution in [3.05, 3.63) is 77.6 Å². The van der Waals surface area contributed by atoms with E-state index in [-0.39, 0.29) is 17.7 Å². The maximum atomic E-state index is 13.2. The van der Waals surface area contributed by atoms with Crippen LogP contribution >= 0.6 is 0 Å². The Bertz CT molecular complexity index is 1510. The number of hydrogen-bond donors (Lipinski definition) is 2. The third-order valence-corrected chi connectivity index (χ3v) is 6.93. The number of ether oxygens (including phenoxy) is 4. The molecule has 5 rings (SSSR count). The molecule has 0 saturated carbocycles. The lowest BCUT2D eigenvalue weighted by molar-refractivity contribution is 0.0580. The molecule has 208 valence electrons. The van der Waals surface area contributed by atoms with Gasteiger partial charge in [-0.2, -0.15) is 0 Å². The van der Waals surface area contributed by atoms with Gasteiger partial charge in [0.05, 0.1) is 51.5 Å². The van der Waals surface area contributed by atoms with Crippen molar-refractivity contribution < 1.29 is 28.5 Å². The quantitative estimate of drug-likeness (QED) is 0.272. The lowest BCUT2D eigenvalue weighted by atomic mass is 10.1. The summed E-state index contributed by atoms with van der Waals surface area (Å²) in [6.45, 7) is 1.51. The van der Waals surface area contributed by atoms with Crippen molar-refractivity contribution in [1.82, 2.24) is 9.55 Å². The second-order valence-electron chi connectivity index (χ2n) is 9.41. The van der Waals surface area contributed by atoms with Gasteiger partial charge >= 0.3 is 5.97 Å². The minimum Gasteiger partial charge on any atom is -0.497 e. The van der Waals surface area contributed by atoms with Crippen LogP contribution in [0, 0.1) is 0 Å². The number of carbonyl (C=O) groups excluding carboxylic acids is 2. The molecule has 1 fully saturated rings. The molecule has 1 aliphatic rings. The van der Waals surface area contributed by atoms with Crippen LogP contribution < -0.4 is 20.1 Å². The number of anilines is 2. The number of nitrogens with one attached hydrogen (secondary N) is 2. The molecule has 10 nitrogen and oxygen atoms in total. The summed E-state index contributed by atoms with van der Waals surface area (Å²) in [6.07, 6.45) is 3.44. The highest BCUT2D eigenvalue weighted by atomic mass is 16.5. The Morgan fingerprint density at radius 3 is 2.60 bits per heavy atom. The van der Waals surface area contributed by atoms with Gasteiger partial charge in [0.25, 0.3) is 5.91 Å². The Balaban J connectivity index is 1.56. The first-order valence-corrected chi connectivity index (χ1v) is 13.1. The van der Waals surface area contributed by atoms with Crippen molar-refractivity contribution in [2.24, 2.45) is 0 Å². The van der Waals surface area contributed by atoms with E-state index in [0.717, 1.165) is 18.4 Å². The highest BCUT2D eigenvalue weighted by molar-refractivity contribution is 6.14. The van der Waals surface area contributed by atoms with Gasteiger partial charge in [0.1, 0.15) is 17.1 Å². The molecule has 2 aromatic carbocycles. The van der Waals surface area contributed by atoms with E-state index in [9.17, 15) is 9.59 Å². The van der Waals surface area contributed by atoms with Crippen molar-refractivity contribution >= 4 is 34.3 Å². The number of rotatable bonds is 10. The first kappa shape index (κ1) is 27.0. The monoisotopic (exact) mass is 544 g/mol. The molecule has 10 heteroatoms. The maximum absolute atomic E-state index is 13.2. The van der Waals surface area contributed by atoms with Gasteiger partial charge in [-0.05, 0) is 49.2 Å². The highest BCUT2D eigenvalue weighted by Crippen LogP contribution is 2.34. The number of pyridine rings is 1. The molecule has 40 heavy (non-hydrogen) atoms. The number of fused-ring (bicyclic) bond motifs is 1. The molecule has 0 spiro atoms. The van der Waals surface area contributed by atoms with Crippen LogP contribution in [0.4, 0.5) is 11.4 Å². The van der Waals surface area contributed by atoms with E-state index < -0.39 is 5.97 Å². The number of amides is 1. The molecular formula is C30H32N4O6. The lowest BCUT2D eigenvalue weighted by Gasteiger charge is -2.14. The summed E-state index contributed by atoms with van der Waals surface area (Å²) < 4.78 is 23.7. The standard InChI is InChI=1S/C30H32N4O6/c1-37-22-11-12-25(38-2)20(14-22)16-31-21-15-24-26(33-29(35)19-8-5-4-6-9-19)27(30(36)39-3)34(28(24)32-17-21)18-23-10-7-13-40-23/h4-6,8-9,11-12,14-15,17,23,31H,7,10,13,16,18H2,1-3H3,(H,33,35)/t23-/m0/s1. The summed E-state index contributed by atoms with van der Waals surface area (Å²) in [5.74, 6) is 0.510. The van der Waals surface area contributed by atoms with Crippen LogP contribution in [0.15, 0.2) is 60.8 Å². The topological polar surface area (TPSA) is 113 Å². The van der Waals surface area contributed by atoms with Crippen molar-refractivity contribution in [2.45, 2.75) is 32.0 Å². The molecule has 0 aliphatic carbocycles. The Labute approximate surface area is 232 Å². The fraction of sp³-hybridized carbons (Fsp3) is 0.300. The number of benzene rings is 2. The average Bonchev–Trinajstić information content (AvgIpc) is 3.62. The normalized spacial score (nSPS) is 14.6. The number of hydrogen-bond acceptors (Lipinski definition) is 8. The molecule has 0 radical (unpaired) electrons. The van der Waals surface area contributed by atoms with Crippen LogP contribution in [0.2, 0.25) is 0 Å². The first-order chi connectivity index (χ1) is 19.5. The molecule has 1 amide bonds. The molecule has 1 saturated heterocycles. The summed E-state index contributed by atoms with van der Waals surface area (Å²) in [4.78, 5) is 31.1. The van der Waals surface area contributed by atoms with Crippen LogP contribution in [-0.4, -0.2) is 55.5 Å². The van der Waals surface area contributed by atoms with Gasteiger partial charge in [0, 0.05) is 29.7 Å². The minimum atomic E-state index is -0.574. The molecule has 1 atom stereocenters. The molecule has 3 heterocycles. The molecule has 0 unspecified atom stereocenters. The fourth-order valence-corrected chi connectivity index (χ4v) is 4.92. The van der Waals surface area contributed by atoms with Crippen molar-refractivity contribution in [3.8, 4) is 11.5 Å². The predicted molar refractivity (Wildman–Crippen MR) is 151 cm³/mol. The molecule has 0 bridgehead atoms. The third-order valence-electron chi connectivity index (χ3n) is 6.93. The van der Waals surface area contributed by atoms with Crippen molar-refractivity contribution in [1.29, 1.82) is 0 Å².